The molecule has 1 amide bonds. The van der Waals surface area contributed by atoms with Crippen molar-refractivity contribution in [2.45, 2.75) is 40.2 Å². The van der Waals surface area contributed by atoms with Crippen LogP contribution >= 0.6 is 0 Å². The Balaban J connectivity index is 1.57. The summed E-state index contributed by atoms with van der Waals surface area (Å²) in [6, 6.07) is 12.7. The fourth-order valence-electron chi connectivity index (χ4n) is 3.34. The van der Waals surface area contributed by atoms with Crippen LogP contribution in [0.25, 0.3) is 11.5 Å². The molecule has 0 saturated carbocycles. The molecular weight excluding hydrogens is 380 g/mol. The van der Waals surface area contributed by atoms with Gasteiger partial charge in [0.25, 0.3) is 5.56 Å². The van der Waals surface area contributed by atoms with Gasteiger partial charge in [-0.05, 0) is 69.2 Å². The van der Waals surface area contributed by atoms with Crippen molar-refractivity contribution in [1.29, 1.82) is 0 Å². The van der Waals surface area contributed by atoms with Gasteiger partial charge in [0, 0.05) is 43.5 Å². The summed E-state index contributed by atoms with van der Waals surface area (Å²) in [4.78, 5) is 26.7. The number of amides is 1. The molecule has 0 aliphatic heterocycles. The molecule has 7 heteroatoms. The topological polar surface area (TPSA) is 80.4 Å². The molecule has 30 heavy (non-hydrogen) atoms. The molecule has 2 aromatic heterocycles. The number of benzene rings is 1. The fraction of sp³-hybridized carbons (Fsp3) is 0.348. The molecule has 0 unspecified atom stereocenters. The number of nitrogens with zero attached hydrogens (tertiary/aromatic N) is 3. The Labute approximate surface area is 176 Å². The molecule has 7 nitrogen and oxygen atoms in total. The Kier molecular flexibility index (Phi) is 7.06. The molecule has 2 heterocycles. The van der Waals surface area contributed by atoms with E-state index in [2.05, 4.69) is 35.2 Å². The minimum absolute atomic E-state index is 0.0797. The maximum absolute atomic E-state index is 12.4. The Bertz CT molecular complexity index is 1040. The lowest BCUT2D eigenvalue weighted by Crippen LogP contribution is -2.23. The minimum Gasteiger partial charge on any atom is -0.463 e. The van der Waals surface area contributed by atoms with Gasteiger partial charge >= 0.3 is 0 Å². The van der Waals surface area contributed by atoms with Gasteiger partial charge in [-0.2, -0.15) is 5.10 Å². The maximum Gasteiger partial charge on any atom is 0.266 e. The summed E-state index contributed by atoms with van der Waals surface area (Å²) in [6.45, 7) is 8.48. The van der Waals surface area contributed by atoms with E-state index >= 15 is 0 Å². The molecule has 0 spiro atoms. The van der Waals surface area contributed by atoms with Gasteiger partial charge in [-0.3, -0.25) is 9.59 Å². The minimum atomic E-state index is -0.200. The van der Waals surface area contributed by atoms with Crippen molar-refractivity contribution in [1.82, 2.24) is 9.78 Å². The van der Waals surface area contributed by atoms with Crippen LogP contribution in [-0.4, -0.2) is 28.8 Å². The van der Waals surface area contributed by atoms with Crippen molar-refractivity contribution < 1.29 is 9.21 Å². The van der Waals surface area contributed by atoms with Crippen LogP contribution in [0.3, 0.4) is 0 Å². The van der Waals surface area contributed by atoms with Crippen molar-refractivity contribution in [2.75, 3.05) is 23.3 Å². The molecule has 0 saturated heterocycles. The first-order valence-corrected chi connectivity index (χ1v) is 10.3. The molecular formula is C23H28N4O3. The summed E-state index contributed by atoms with van der Waals surface area (Å²) >= 11 is 0. The summed E-state index contributed by atoms with van der Waals surface area (Å²) in [5.41, 5.74) is 3.38. The number of nitrogens with one attached hydrogen (secondary N) is 1. The van der Waals surface area contributed by atoms with Gasteiger partial charge in [-0.25, -0.2) is 4.68 Å². The number of hydrogen-bond acceptors (Lipinski definition) is 5. The van der Waals surface area contributed by atoms with Crippen molar-refractivity contribution >= 4 is 17.3 Å². The van der Waals surface area contributed by atoms with Gasteiger partial charge in [0.05, 0.1) is 6.26 Å². The van der Waals surface area contributed by atoms with Gasteiger partial charge in [0.2, 0.25) is 5.91 Å². The molecule has 1 N–H and O–H groups in total. The highest BCUT2D eigenvalue weighted by Crippen LogP contribution is 2.23. The lowest BCUT2D eigenvalue weighted by molar-refractivity contribution is -0.116. The van der Waals surface area contributed by atoms with Crippen LogP contribution < -0.4 is 15.8 Å². The number of rotatable bonds is 9. The average molecular weight is 409 g/mol. The fourth-order valence-corrected chi connectivity index (χ4v) is 3.34. The number of furan rings is 1. The lowest BCUT2D eigenvalue weighted by Gasteiger charge is -2.22. The van der Waals surface area contributed by atoms with E-state index in [1.807, 2.05) is 19.1 Å². The first kappa shape index (κ1) is 21.4. The van der Waals surface area contributed by atoms with Crippen molar-refractivity contribution in [3.63, 3.8) is 0 Å². The predicted molar refractivity (Wildman–Crippen MR) is 119 cm³/mol. The molecule has 0 fully saturated rings. The van der Waals surface area contributed by atoms with Crippen LogP contribution in [0.1, 0.15) is 32.3 Å². The van der Waals surface area contributed by atoms with Crippen molar-refractivity contribution in [3.8, 4) is 11.5 Å². The number of hydrogen-bond donors (Lipinski definition) is 1. The molecule has 0 aliphatic rings. The van der Waals surface area contributed by atoms with Crippen LogP contribution in [0.2, 0.25) is 0 Å². The highest BCUT2D eigenvalue weighted by molar-refractivity contribution is 5.91. The van der Waals surface area contributed by atoms with E-state index in [0.717, 1.165) is 30.0 Å². The molecule has 0 atom stereocenters. The lowest BCUT2D eigenvalue weighted by atomic mass is 10.1. The number of aromatic nitrogens is 2. The Morgan fingerprint density at radius 1 is 1.17 bits per heavy atom. The molecule has 1 aromatic carbocycles. The molecule has 3 aromatic rings. The second-order valence-electron chi connectivity index (χ2n) is 7.08. The predicted octanol–water partition coefficient (Wildman–Crippen LogP) is 4.08. The van der Waals surface area contributed by atoms with E-state index in [0.29, 0.717) is 30.8 Å². The zero-order chi connectivity index (χ0) is 21.5. The zero-order valence-corrected chi connectivity index (χ0v) is 17.7. The largest absolute Gasteiger partial charge is 0.463 e. The van der Waals surface area contributed by atoms with E-state index in [1.165, 1.54) is 10.7 Å². The molecule has 0 bridgehead atoms. The average Bonchev–Trinajstić information content (AvgIpc) is 3.27. The van der Waals surface area contributed by atoms with E-state index < -0.39 is 0 Å². The van der Waals surface area contributed by atoms with Crippen LogP contribution in [-0.2, 0) is 11.3 Å². The standard InChI is InChI=1S/C23H28N4O3/c1-4-26(5-2)18-10-11-19(17(3)16-18)24-22(28)9-6-14-27-23(29)13-12-20(25-27)21-8-7-15-30-21/h7-8,10-13,15-16H,4-6,9,14H2,1-3H3,(H,24,28). The first-order valence-electron chi connectivity index (χ1n) is 10.3. The Morgan fingerprint density at radius 3 is 2.63 bits per heavy atom. The van der Waals surface area contributed by atoms with Crippen LogP contribution in [0, 0.1) is 6.92 Å². The van der Waals surface area contributed by atoms with Crippen LogP contribution in [0.4, 0.5) is 11.4 Å². The quantitative estimate of drug-likeness (QED) is 0.577. The highest BCUT2D eigenvalue weighted by Gasteiger charge is 2.09. The number of aryl methyl sites for hydroxylation is 2. The molecule has 158 valence electrons. The van der Waals surface area contributed by atoms with Gasteiger partial charge in [-0.1, -0.05) is 0 Å². The van der Waals surface area contributed by atoms with Crippen LogP contribution in [0.5, 0.6) is 0 Å². The SMILES string of the molecule is CCN(CC)c1ccc(NC(=O)CCCn2nc(-c3ccco3)ccc2=O)c(C)c1. The second-order valence-corrected chi connectivity index (χ2v) is 7.08. The summed E-state index contributed by atoms with van der Waals surface area (Å²) < 4.78 is 6.70. The van der Waals surface area contributed by atoms with Gasteiger partial charge in [0.15, 0.2) is 5.76 Å². The summed E-state index contributed by atoms with van der Waals surface area (Å²) in [6.07, 6.45) is 2.38. The Hall–Kier alpha value is -3.35. The zero-order valence-electron chi connectivity index (χ0n) is 17.7. The van der Waals surface area contributed by atoms with E-state index in [1.54, 1.807) is 24.5 Å². The van der Waals surface area contributed by atoms with Gasteiger partial charge < -0.3 is 14.6 Å². The van der Waals surface area contributed by atoms with E-state index in [9.17, 15) is 9.59 Å². The van der Waals surface area contributed by atoms with Gasteiger partial charge in [-0.15, -0.1) is 0 Å². The monoisotopic (exact) mass is 408 g/mol. The van der Waals surface area contributed by atoms with E-state index in [4.69, 9.17) is 4.42 Å². The van der Waals surface area contributed by atoms with Crippen molar-refractivity contribution in [2.24, 2.45) is 0 Å². The second kappa shape index (κ2) is 9.91. The number of anilines is 2. The van der Waals surface area contributed by atoms with Gasteiger partial charge in [0.1, 0.15) is 5.69 Å². The molecule has 0 radical (unpaired) electrons. The highest BCUT2D eigenvalue weighted by atomic mass is 16.3. The van der Waals surface area contributed by atoms with Crippen LogP contribution in [0.15, 0.2) is 57.9 Å². The molecule has 3 rings (SSSR count). The normalized spacial score (nSPS) is 10.8. The first-order chi connectivity index (χ1) is 14.5. The number of carbonyl (C=O) groups is 1. The summed E-state index contributed by atoms with van der Waals surface area (Å²) in [5, 5.41) is 7.29. The summed E-state index contributed by atoms with van der Waals surface area (Å²) in [5.74, 6) is 0.522. The van der Waals surface area contributed by atoms with E-state index in [-0.39, 0.29) is 11.5 Å². The Morgan fingerprint density at radius 2 is 1.97 bits per heavy atom. The summed E-state index contributed by atoms with van der Waals surface area (Å²) in [7, 11) is 0. The smallest absolute Gasteiger partial charge is 0.266 e. The maximum atomic E-state index is 12.4. The third kappa shape index (κ3) is 5.17. The third-order valence-electron chi connectivity index (χ3n) is 5.03. The number of carbonyl (C=O) groups excluding carboxylic acids is 1. The van der Waals surface area contributed by atoms with Crippen molar-refractivity contribution in [3.05, 3.63) is 64.6 Å². The molecule has 0 aliphatic carbocycles. The third-order valence-corrected chi connectivity index (χ3v) is 5.03.